The maximum atomic E-state index is 12.2. The van der Waals surface area contributed by atoms with Crippen molar-refractivity contribution in [1.82, 2.24) is 30.0 Å². The van der Waals surface area contributed by atoms with E-state index in [1.54, 1.807) is 29.2 Å². The molecule has 168 valence electrons. The molecule has 0 aliphatic carbocycles. The van der Waals surface area contributed by atoms with E-state index in [1.165, 1.54) is 11.9 Å². The van der Waals surface area contributed by atoms with Gasteiger partial charge in [0.25, 0.3) is 5.91 Å². The summed E-state index contributed by atoms with van der Waals surface area (Å²) in [6.07, 6.45) is 4.87. The molecule has 0 spiro atoms. The van der Waals surface area contributed by atoms with Crippen molar-refractivity contribution < 1.29 is 4.79 Å². The average Bonchev–Trinajstić information content (AvgIpc) is 3.25. The Labute approximate surface area is 192 Å². The smallest absolute Gasteiger partial charge is 0.251 e. The summed E-state index contributed by atoms with van der Waals surface area (Å²) in [4.78, 5) is 22.9. The summed E-state index contributed by atoms with van der Waals surface area (Å²) in [6, 6.07) is 15.3. The van der Waals surface area contributed by atoms with Gasteiger partial charge < -0.3 is 10.2 Å². The summed E-state index contributed by atoms with van der Waals surface area (Å²) in [5, 5.41) is 12.4. The Balaban J connectivity index is 1.43. The highest BCUT2D eigenvalue weighted by atomic mass is 16.1. The first-order valence-corrected chi connectivity index (χ1v) is 10.6. The van der Waals surface area contributed by atoms with Crippen LogP contribution in [0.5, 0.6) is 0 Å². The minimum atomic E-state index is -0.0903. The predicted octanol–water partition coefficient (Wildman–Crippen LogP) is 2.86. The Morgan fingerprint density at radius 1 is 1.09 bits per heavy atom. The molecule has 0 atom stereocenters. The van der Waals surface area contributed by atoms with Crippen LogP contribution in [0.15, 0.2) is 66.2 Å². The van der Waals surface area contributed by atoms with E-state index in [0.717, 1.165) is 23.2 Å². The molecule has 9 heteroatoms. The van der Waals surface area contributed by atoms with Crippen LogP contribution in [0.3, 0.4) is 0 Å². The highest BCUT2D eigenvalue weighted by molar-refractivity contribution is 5.95. The van der Waals surface area contributed by atoms with Crippen molar-refractivity contribution in [2.75, 3.05) is 32.6 Å². The van der Waals surface area contributed by atoms with E-state index in [2.05, 4.69) is 30.9 Å². The number of rotatable bonds is 8. The van der Waals surface area contributed by atoms with Gasteiger partial charge in [0.1, 0.15) is 6.33 Å². The topological polar surface area (TPSA) is 100 Å². The molecule has 0 aliphatic rings. The molecule has 0 saturated carbocycles. The van der Waals surface area contributed by atoms with E-state index in [-0.39, 0.29) is 5.91 Å². The predicted molar refractivity (Wildman–Crippen MR) is 130 cm³/mol. The van der Waals surface area contributed by atoms with Crippen LogP contribution in [-0.2, 0) is 0 Å². The molecule has 1 amide bonds. The van der Waals surface area contributed by atoms with Gasteiger partial charge in [-0.25, -0.2) is 14.6 Å². The van der Waals surface area contributed by atoms with Gasteiger partial charge in [-0.2, -0.15) is 10.2 Å². The number of likely N-dealkylation sites (N-methyl/N-ethyl adjacent to an activating group) is 1. The molecular formula is C24H26N8O. The monoisotopic (exact) mass is 442 g/mol. The number of anilines is 1. The first-order valence-electron chi connectivity index (χ1n) is 10.6. The van der Waals surface area contributed by atoms with Crippen molar-refractivity contribution in [2.24, 2.45) is 5.10 Å². The lowest BCUT2D eigenvalue weighted by atomic mass is 10.1. The summed E-state index contributed by atoms with van der Waals surface area (Å²) in [5.74, 6) is 0.471. The number of aromatic nitrogens is 4. The number of hydrogen-bond donors (Lipinski definition) is 2. The Bertz CT molecular complexity index is 1260. The molecule has 0 fully saturated rings. The fraction of sp³-hybridized carbons (Fsp3) is 0.208. The zero-order chi connectivity index (χ0) is 23.2. The van der Waals surface area contributed by atoms with Crippen LogP contribution in [0.25, 0.3) is 16.7 Å². The first kappa shape index (κ1) is 22.1. The number of nitrogens with zero attached hydrogens (tertiary/aromatic N) is 6. The third-order valence-electron chi connectivity index (χ3n) is 5.05. The van der Waals surface area contributed by atoms with E-state index in [0.29, 0.717) is 23.6 Å². The molecule has 0 saturated heterocycles. The first-order chi connectivity index (χ1) is 16.0. The van der Waals surface area contributed by atoms with E-state index in [4.69, 9.17) is 0 Å². The van der Waals surface area contributed by atoms with Crippen LogP contribution in [0.2, 0.25) is 0 Å². The third kappa shape index (κ3) is 5.39. The van der Waals surface area contributed by atoms with Gasteiger partial charge in [0, 0.05) is 18.7 Å². The number of hydrogen-bond acceptors (Lipinski definition) is 7. The minimum absolute atomic E-state index is 0.0903. The van der Waals surface area contributed by atoms with Crippen molar-refractivity contribution in [3.8, 4) is 5.69 Å². The molecule has 0 aliphatic heterocycles. The van der Waals surface area contributed by atoms with Crippen molar-refractivity contribution >= 4 is 29.0 Å². The number of fused-ring (bicyclic) bond motifs is 1. The molecular weight excluding hydrogens is 416 g/mol. The van der Waals surface area contributed by atoms with E-state index in [9.17, 15) is 4.79 Å². The van der Waals surface area contributed by atoms with E-state index in [1.807, 2.05) is 62.3 Å². The molecule has 4 rings (SSSR count). The van der Waals surface area contributed by atoms with Crippen LogP contribution < -0.4 is 10.7 Å². The van der Waals surface area contributed by atoms with Gasteiger partial charge in [0.2, 0.25) is 0 Å². The number of nitrogens with one attached hydrogen (secondary N) is 2. The maximum Gasteiger partial charge on any atom is 0.251 e. The normalized spacial score (nSPS) is 11.4. The van der Waals surface area contributed by atoms with Crippen molar-refractivity contribution in [2.45, 2.75) is 6.92 Å². The summed E-state index contributed by atoms with van der Waals surface area (Å²) in [6.45, 7) is 3.44. The molecule has 9 nitrogen and oxygen atoms in total. The summed E-state index contributed by atoms with van der Waals surface area (Å²) in [5.41, 5.74) is 7.23. The van der Waals surface area contributed by atoms with Crippen LogP contribution >= 0.6 is 0 Å². The van der Waals surface area contributed by atoms with Gasteiger partial charge in [0.15, 0.2) is 11.5 Å². The molecule has 0 bridgehead atoms. The van der Waals surface area contributed by atoms with Crippen molar-refractivity contribution in [3.63, 3.8) is 0 Å². The summed E-state index contributed by atoms with van der Waals surface area (Å²) >= 11 is 0. The highest BCUT2D eigenvalue weighted by Crippen LogP contribution is 2.21. The van der Waals surface area contributed by atoms with Gasteiger partial charge in [-0.1, -0.05) is 29.8 Å². The number of hydrazone groups is 1. The van der Waals surface area contributed by atoms with Gasteiger partial charge in [0.05, 0.1) is 23.5 Å². The summed E-state index contributed by atoms with van der Waals surface area (Å²) < 4.78 is 1.77. The molecule has 33 heavy (non-hydrogen) atoms. The minimum Gasteiger partial charge on any atom is -0.351 e. The number of carbonyl (C=O) groups is 1. The number of amides is 1. The number of benzene rings is 2. The summed E-state index contributed by atoms with van der Waals surface area (Å²) in [7, 11) is 3.94. The Morgan fingerprint density at radius 2 is 1.85 bits per heavy atom. The zero-order valence-corrected chi connectivity index (χ0v) is 18.9. The Hall–Kier alpha value is -4.11. The quantitative estimate of drug-likeness (QED) is 0.322. The third-order valence-corrected chi connectivity index (χ3v) is 5.05. The van der Waals surface area contributed by atoms with Gasteiger partial charge in [-0.15, -0.1) is 0 Å². The lowest BCUT2D eigenvalue weighted by molar-refractivity contribution is 0.0951. The fourth-order valence-corrected chi connectivity index (χ4v) is 3.19. The van der Waals surface area contributed by atoms with Crippen LogP contribution in [-0.4, -0.2) is 64.0 Å². The molecule has 2 aromatic heterocycles. The number of carbonyl (C=O) groups excluding carboxylic acids is 1. The van der Waals surface area contributed by atoms with Gasteiger partial charge in [-0.3, -0.25) is 10.2 Å². The second-order valence-corrected chi connectivity index (χ2v) is 7.90. The largest absolute Gasteiger partial charge is 0.351 e. The van der Waals surface area contributed by atoms with Crippen LogP contribution in [0.4, 0.5) is 5.82 Å². The molecule has 2 aromatic carbocycles. The second-order valence-electron chi connectivity index (χ2n) is 7.90. The van der Waals surface area contributed by atoms with Crippen LogP contribution in [0.1, 0.15) is 21.5 Å². The van der Waals surface area contributed by atoms with Crippen molar-refractivity contribution in [1.29, 1.82) is 0 Å². The number of aryl methyl sites for hydroxylation is 1. The maximum absolute atomic E-state index is 12.2. The van der Waals surface area contributed by atoms with Gasteiger partial charge >= 0.3 is 0 Å². The Kier molecular flexibility index (Phi) is 6.70. The highest BCUT2D eigenvalue weighted by Gasteiger charge is 2.10. The van der Waals surface area contributed by atoms with Gasteiger partial charge in [-0.05, 0) is 50.8 Å². The fourth-order valence-electron chi connectivity index (χ4n) is 3.19. The lowest BCUT2D eigenvalue weighted by Crippen LogP contribution is -2.31. The molecule has 4 aromatic rings. The van der Waals surface area contributed by atoms with E-state index < -0.39 is 0 Å². The standard InChI is InChI=1S/C24H26N8O/c1-17-4-10-20(11-5-17)32-23-21(15-29-32)22(26-16-27-23)30-28-14-18-6-8-19(9-7-18)24(33)25-12-13-31(2)3/h4-11,14-16H,12-13H2,1-3H3,(H,25,33)(H,26,27,30)/b28-14+. The zero-order valence-electron chi connectivity index (χ0n) is 18.9. The lowest BCUT2D eigenvalue weighted by Gasteiger charge is -2.10. The Morgan fingerprint density at radius 3 is 2.58 bits per heavy atom. The SMILES string of the molecule is Cc1ccc(-n2ncc3c(N/N=C/c4ccc(C(=O)NCCN(C)C)cc4)ncnc32)cc1. The molecule has 0 unspecified atom stereocenters. The molecule has 0 radical (unpaired) electrons. The van der Waals surface area contributed by atoms with Crippen molar-refractivity contribution in [3.05, 3.63) is 77.7 Å². The average molecular weight is 443 g/mol. The second kappa shape index (κ2) is 10.0. The van der Waals surface area contributed by atoms with Crippen LogP contribution in [0, 0.1) is 6.92 Å². The molecule has 2 N–H and O–H groups in total. The molecule has 2 heterocycles. The van der Waals surface area contributed by atoms with E-state index >= 15 is 0 Å².